The molecule has 0 aromatic rings. The summed E-state index contributed by atoms with van der Waals surface area (Å²) in [7, 11) is -8.66. The molecule has 0 radical (unpaired) electrons. The minimum atomic E-state index is -4.82. The van der Waals surface area contributed by atoms with Crippen LogP contribution in [0.15, 0.2) is 0 Å². The molecule has 0 atom stereocenters. The number of carbonyl (C=O) groups is 4. The lowest BCUT2D eigenvalue weighted by Gasteiger charge is -2.33. The Balaban J connectivity index is -0.000000212. The van der Waals surface area contributed by atoms with E-state index in [1.54, 1.807) is 0 Å². The largest absolute Gasteiger partial charge is 0.529 e. The minimum Gasteiger partial charge on any atom is -0.480 e. The van der Waals surface area contributed by atoms with Crippen LogP contribution in [0.1, 0.15) is 0 Å². The highest BCUT2D eigenvalue weighted by Crippen LogP contribution is 2.35. The van der Waals surface area contributed by atoms with Crippen molar-refractivity contribution in [2.75, 3.05) is 71.3 Å². The van der Waals surface area contributed by atoms with E-state index >= 15 is 0 Å². The van der Waals surface area contributed by atoms with E-state index in [-0.39, 0.29) is 32.0 Å². The summed E-state index contributed by atoms with van der Waals surface area (Å²) in [5, 5.41) is 39.1. The summed E-state index contributed by atoms with van der Waals surface area (Å²) < 4.78 is 42.2. The summed E-state index contributed by atoms with van der Waals surface area (Å²) in [5.41, 5.74) is 13.7. The maximum Gasteiger partial charge on any atom is 0.529 e. The second-order valence-corrected chi connectivity index (χ2v) is 9.07. The zero-order valence-electron chi connectivity index (χ0n) is 20.1. The Hall–Kier alpha value is -2.50. The summed E-state index contributed by atoms with van der Waals surface area (Å²) in [6.45, 7) is 3.63. The monoisotopic (exact) mass is 605 g/mol. The first-order valence-electron chi connectivity index (χ1n) is 9.98. The molecule has 0 aliphatic carbocycles. The van der Waals surface area contributed by atoms with E-state index in [2.05, 4.69) is 26.6 Å². The van der Waals surface area contributed by atoms with E-state index in [0.717, 1.165) is 26.2 Å². The van der Waals surface area contributed by atoms with Crippen LogP contribution in [-0.2, 0) is 33.6 Å². The third-order valence-corrected chi connectivity index (χ3v) is 4.36. The van der Waals surface area contributed by atoms with Crippen LogP contribution >= 0.6 is 7.82 Å². The average Bonchev–Trinajstić information content (AvgIpc) is 2.78. The maximum absolute atomic E-state index is 10.5. The fraction of sp³-hybridized carbons (Fsp3) is 0.733. The van der Waals surface area contributed by atoms with Gasteiger partial charge in [-0.25, -0.2) is 9.36 Å². The number of hydrogen-bond donors (Lipinski definition) is 11. The summed E-state index contributed by atoms with van der Waals surface area (Å²) in [6, 6.07) is 0. The molecule has 0 spiro atoms. The zero-order chi connectivity index (χ0) is 30.9. The van der Waals surface area contributed by atoms with Gasteiger partial charge in [0.2, 0.25) is 0 Å². The first kappa shape index (κ1) is 42.6. The zero-order valence-corrected chi connectivity index (χ0v) is 21.8. The molecule has 23 heteroatoms. The molecule has 1 aliphatic heterocycles. The number of phosphoric acid groups is 1. The Morgan fingerprint density at radius 3 is 1.21 bits per heavy atom. The van der Waals surface area contributed by atoms with Gasteiger partial charge >= 0.3 is 31.9 Å². The Morgan fingerprint density at radius 2 is 1.05 bits per heavy atom. The molecule has 21 nitrogen and oxygen atoms in total. The number of rotatable bonds is 9. The number of β-amino-alcohol motifs (C(OH)–C–C–N with tert-alkyl or cyclic N) is 1. The molecule has 1 fully saturated rings. The summed E-state index contributed by atoms with van der Waals surface area (Å²) in [4.78, 5) is 56.6. The van der Waals surface area contributed by atoms with Gasteiger partial charge in [0.1, 0.15) is 0 Å². The number of phosphoric ester groups is 1. The van der Waals surface area contributed by atoms with Crippen molar-refractivity contribution in [2.24, 2.45) is 17.2 Å². The first-order chi connectivity index (χ1) is 17.2. The number of aliphatic hydroxyl groups excluding tert-OH is 1. The molecule has 1 aliphatic rings. The van der Waals surface area contributed by atoms with E-state index in [1.165, 1.54) is 0 Å². The van der Waals surface area contributed by atoms with Crippen LogP contribution in [0.2, 0.25) is 0 Å². The van der Waals surface area contributed by atoms with Gasteiger partial charge in [-0.3, -0.25) is 38.5 Å². The number of carboxylic acids is 3. The average molecular weight is 606 g/mol. The van der Waals surface area contributed by atoms with Crippen LogP contribution < -0.4 is 17.2 Å². The molecule has 1 rings (SSSR count). The van der Waals surface area contributed by atoms with Crippen molar-refractivity contribution in [3.05, 3.63) is 0 Å². The van der Waals surface area contributed by atoms with Crippen LogP contribution in [0.4, 0.5) is 4.79 Å². The molecule has 0 amide bonds. The van der Waals surface area contributed by atoms with Crippen LogP contribution in [0.5, 0.6) is 0 Å². The number of hydrogen-bond acceptors (Lipinski definition) is 14. The van der Waals surface area contributed by atoms with Gasteiger partial charge in [-0.1, -0.05) is 0 Å². The molecule has 0 aromatic carbocycles. The van der Waals surface area contributed by atoms with Gasteiger partial charge in [0.05, 0.1) is 32.0 Å². The van der Waals surface area contributed by atoms with Crippen molar-refractivity contribution in [3.63, 3.8) is 0 Å². The first-order valence-corrected chi connectivity index (χ1v) is 13.1. The Morgan fingerprint density at radius 1 is 0.763 bits per heavy atom. The molecule has 1 heterocycles. The lowest BCUT2D eigenvalue weighted by Crippen LogP contribution is -2.48. The van der Waals surface area contributed by atoms with Crippen molar-refractivity contribution in [1.29, 1.82) is 0 Å². The van der Waals surface area contributed by atoms with Gasteiger partial charge in [0.25, 0.3) is 10.1 Å². The standard InChI is InChI=1S/C8H18N2O4S.3C2H5NO2.CH3O6P/c11-7-5-9-1-3-10(4-2-9)6-8-15(12,13)14;3*3-1-2(4)5;2-1(3)7-8(4,5)6/h11H,1-8H2,(H,12,13,14);3*1,3H2,(H,4,5);(H,2,3)(H2,4,5,6). The van der Waals surface area contributed by atoms with Crippen molar-refractivity contribution in [3.8, 4) is 0 Å². The van der Waals surface area contributed by atoms with Gasteiger partial charge in [-0.2, -0.15) is 8.42 Å². The van der Waals surface area contributed by atoms with Gasteiger partial charge in [0.15, 0.2) is 0 Å². The molecule has 0 bridgehead atoms. The second-order valence-electron chi connectivity index (χ2n) is 6.33. The highest BCUT2D eigenvalue weighted by Gasteiger charge is 2.19. The normalized spacial score (nSPS) is 13.3. The lowest BCUT2D eigenvalue weighted by atomic mass is 10.3. The van der Waals surface area contributed by atoms with Crippen molar-refractivity contribution >= 4 is 42.0 Å². The number of piperazine rings is 1. The van der Waals surface area contributed by atoms with Gasteiger partial charge in [-0.05, 0) is 0 Å². The van der Waals surface area contributed by atoms with E-state index in [9.17, 15) is 32.2 Å². The molecule has 0 aromatic heterocycles. The van der Waals surface area contributed by atoms with E-state index in [0.29, 0.717) is 13.1 Å². The fourth-order valence-corrected chi connectivity index (χ4v) is 2.42. The van der Waals surface area contributed by atoms with Crippen LogP contribution in [0.3, 0.4) is 0 Å². The fourth-order valence-electron chi connectivity index (χ4n) is 1.72. The molecule has 228 valence electrons. The Labute approximate surface area is 217 Å². The predicted molar refractivity (Wildman–Crippen MR) is 128 cm³/mol. The third kappa shape index (κ3) is 46.8. The number of nitrogens with zero attached hydrogens (tertiary/aromatic N) is 2. The Bertz CT molecular complexity index is 783. The second kappa shape index (κ2) is 24.8. The number of aliphatic hydroxyl groups is 1. The number of carboxylic acid groups (broad SMARTS) is 4. The molecule has 14 N–H and O–H groups in total. The van der Waals surface area contributed by atoms with Gasteiger partial charge in [-0.15, -0.1) is 0 Å². The highest BCUT2D eigenvalue weighted by atomic mass is 32.2. The molecule has 0 saturated carbocycles. The van der Waals surface area contributed by atoms with Crippen LogP contribution in [-0.4, -0.2) is 153 Å². The predicted octanol–water partition coefficient (Wildman–Crippen LogP) is -4.65. The molecular formula is C15H36N5O16PS. The molecule has 1 saturated heterocycles. The van der Waals surface area contributed by atoms with Crippen molar-refractivity contribution in [2.45, 2.75) is 0 Å². The Kier molecular flexibility index (Phi) is 27.8. The summed E-state index contributed by atoms with van der Waals surface area (Å²) in [6.07, 6.45) is -1.99. The summed E-state index contributed by atoms with van der Waals surface area (Å²) in [5.74, 6) is -3.10. The summed E-state index contributed by atoms with van der Waals surface area (Å²) >= 11 is 0. The van der Waals surface area contributed by atoms with E-state index in [4.69, 9.17) is 39.9 Å². The lowest BCUT2D eigenvalue weighted by molar-refractivity contribution is -0.136. The van der Waals surface area contributed by atoms with Gasteiger partial charge < -0.3 is 47.3 Å². The minimum absolute atomic E-state index is 0.158. The topological polar surface area (TPSA) is 375 Å². The third-order valence-electron chi connectivity index (χ3n) is 3.27. The van der Waals surface area contributed by atoms with Crippen molar-refractivity contribution < 1.29 is 76.6 Å². The number of nitrogens with two attached hydrogens (primary N) is 3. The quantitative estimate of drug-likeness (QED) is 0.0868. The molecule has 0 unspecified atom stereocenters. The molecular weight excluding hydrogens is 569 g/mol. The van der Waals surface area contributed by atoms with Crippen LogP contribution in [0, 0.1) is 0 Å². The van der Waals surface area contributed by atoms with Gasteiger partial charge in [0, 0.05) is 39.3 Å². The highest BCUT2D eigenvalue weighted by molar-refractivity contribution is 7.85. The SMILES string of the molecule is NCC(=O)O.NCC(=O)O.NCC(=O)O.O=C(O)OP(=O)(O)O.O=S(=O)(O)CCN1CCN(CCO)CC1. The maximum atomic E-state index is 10.5. The van der Waals surface area contributed by atoms with Crippen LogP contribution in [0.25, 0.3) is 0 Å². The smallest absolute Gasteiger partial charge is 0.480 e. The molecule has 38 heavy (non-hydrogen) atoms. The van der Waals surface area contributed by atoms with Crippen molar-refractivity contribution in [1.82, 2.24) is 9.80 Å². The van der Waals surface area contributed by atoms with E-state index < -0.39 is 42.0 Å². The number of aliphatic carboxylic acids is 3. The van der Waals surface area contributed by atoms with E-state index in [1.807, 2.05) is 4.90 Å².